The molecular weight excluding hydrogens is 571 g/mol. The van der Waals surface area contributed by atoms with E-state index in [0.29, 0.717) is 0 Å². The zero-order chi connectivity index (χ0) is 31.6. The highest BCUT2D eigenvalue weighted by atomic mass is 16.3. The number of hydrogen-bond acceptors (Lipinski definition) is 2. The summed E-state index contributed by atoms with van der Waals surface area (Å²) in [5.74, 6) is 0.926. The van der Waals surface area contributed by atoms with Crippen molar-refractivity contribution in [2.45, 2.75) is 6.92 Å². The first kappa shape index (κ1) is 28.4. The molecule has 0 radical (unpaired) electrons. The molecule has 224 valence electrons. The minimum absolute atomic E-state index is 0.921. The summed E-state index contributed by atoms with van der Waals surface area (Å²) in [5, 5.41) is 1.16. The fraction of sp³-hybridized carbons (Fsp3) is 0.0222. The standard InChI is InChI=1S/C45H33NO/c1-32-43-17-8-9-18-44(43)47-45(32)39-14-10-13-38(31-39)37-25-29-42(30-26-37)46(40-15-6-3-7-16-40)41-27-23-36(24-28-41)35-21-19-34(20-22-35)33-11-4-2-5-12-33/h2-31H,1H3. The highest BCUT2D eigenvalue weighted by Gasteiger charge is 2.15. The third-order valence-corrected chi connectivity index (χ3v) is 8.89. The molecule has 0 fully saturated rings. The summed E-state index contributed by atoms with van der Waals surface area (Å²) in [6.07, 6.45) is 0. The van der Waals surface area contributed by atoms with Gasteiger partial charge in [0.2, 0.25) is 0 Å². The first-order valence-corrected chi connectivity index (χ1v) is 16.0. The van der Waals surface area contributed by atoms with Gasteiger partial charge in [-0.25, -0.2) is 0 Å². The Bertz CT molecular complexity index is 2270. The van der Waals surface area contributed by atoms with Crippen LogP contribution in [0.15, 0.2) is 186 Å². The Labute approximate surface area is 275 Å². The Morgan fingerprint density at radius 3 is 1.38 bits per heavy atom. The highest BCUT2D eigenvalue weighted by Crippen LogP contribution is 2.38. The second kappa shape index (κ2) is 12.3. The third-order valence-electron chi connectivity index (χ3n) is 8.89. The molecule has 0 amide bonds. The van der Waals surface area contributed by atoms with Crippen LogP contribution in [0.2, 0.25) is 0 Å². The van der Waals surface area contributed by atoms with Gasteiger partial charge in [0, 0.05) is 33.6 Å². The second-order valence-electron chi connectivity index (χ2n) is 11.8. The van der Waals surface area contributed by atoms with Crippen LogP contribution in [-0.4, -0.2) is 0 Å². The molecule has 0 spiro atoms. The maximum atomic E-state index is 6.28. The van der Waals surface area contributed by atoms with Gasteiger partial charge in [-0.05, 0) is 88.8 Å². The SMILES string of the molecule is Cc1c(-c2cccc(-c3ccc(N(c4ccccc4)c4ccc(-c5ccc(-c6ccccc6)cc5)cc4)cc3)c2)oc2ccccc12. The smallest absolute Gasteiger partial charge is 0.138 e. The van der Waals surface area contributed by atoms with E-state index in [2.05, 4.69) is 182 Å². The fourth-order valence-corrected chi connectivity index (χ4v) is 6.41. The summed E-state index contributed by atoms with van der Waals surface area (Å²) in [6, 6.07) is 64.4. The molecule has 1 aromatic heterocycles. The van der Waals surface area contributed by atoms with Gasteiger partial charge in [0.05, 0.1) is 0 Å². The summed E-state index contributed by atoms with van der Waals surface area (Å²) >= 11 is 0. The molecule has 0 atom stereocenters. The van der Waals surface area contributed by atoms with Crippen molar-refractivity contribution in [1.82, 2.24) is 0 Å². The molecule has 1 heterocycles. The molecule has 0 aliphatic rings. The molecule has 0 bridgehead atoms. The molecule has 8 aromatic rings. The van der Waals surface area contributed by atoms with Gasteiger partial charge in [-0.15, -0.1) is 0 Å². The predicted octanol–water partition coefficient (Wildman–Crippen LogP) is 12.9. The quantitative estimate of drug-likeness (QED) is 0.180. The van der Waals surface area contributed by atoms with Gasteiger partial charge < -0.3 is 9.32 Å². The second-order valence-corrected chi connectivity index (χ2v) is 11.8. The normalized spacial score (nSPS) is 11.1. The van der Waals surface area contributed by atoms with Gasteiger partial charge in [-0.3, -0.25) is 0 Å². The first-order valence-electron chi connectivity index (χ1n) is 16.0. The maximum Gasteiger partial charge on any atom is 0.138 e. The van der Waals surface area contributed by atoms with Gasteiger partial charge >= 0.3 is 0 Å². The van der Waals surface area contributed by atoms with E-state index >= 15 is 0 Å². The lowest BCUT2D eigenvalue weighted by Gasteiger charge is -2.26. The molecule has 2 heteroatoms. The number of benzene rings is 7. The number of fused-ring (bicyclic) bond motifs is 1. The number of nitrogens with zero attached hydrogens (tertiary/aromatic N) is 1. The van der Waals surface area contributed by atoms with Crippen LogP contribution in [-0.2, 0) is 0 Å². The molecule has 2 nitrogen and oxygen atoms in total. The van der Waals surface area contributed by atoms with Crippen molar-refractivity contribution in [2.24, 2.45) is 0 Å². The summed E-state index contributed by atoms with van der Waals surface area (Å²) in [4.78, 5) is 2.31. The molecule has 0 saturated heterocycles. The number of hydrogen-bond donors (Lipinski definition) is 0. The van der Waals surface area contributed by atoms with Crippen LogP contribution in [0.3, 0.4) is 0 Å². The van der Waals surface area contributed by atoms with E-state index in [1.165, 1.54) is 27.8 Å². The minimum Gasteiger partial charge on any atom is -0.456 e. The number of furan rings is 1. The van der Waals surface area contributed by atoms with Crippen LogP contribution in [0.4, 0.5) is 17.1 Å². The molecule has 7 aromatic carbocycles. The van der Waals surface area contributed by atoms with Gasteiger partial charge in [-0.1, -0.05) is 133 Å². The van der Waals surface area contributed by atoms with Crippen molar-refractivity contribution in [1.29, 1.82) is 0 Å². The Morgan fingerprint density at radius 1 is 0.362 bits per heavy atom. The molecule has 0 saturated carbocycles. The van der Waals surface area contributed by atoms with Gasteiger partial charge in [0.1, 0.15) is 11.3 Å². The van der Waals surface area contributed by atoms with E-state index < -0.39 is 0 Å². The lowest BCUT2D eigenvalue weighted by atomic mass is 9.99. The first-order chi connectivity index (χ1) is 23.2. The Morgan fingerprint density at radius 2 is 0.787 bits per heavy atom. The van der Waals surface area contributed by atoms with Gasteiger partial charge in [-0.2, -0.15) is 0 Å². The highest BCUT2D eigenvalue weighted by molar-refractivity contribution is 5.88. The average molecular weight is 604 g/mol. The van der Waals surface area contributed by atoms with Crippen LogP contribution in [0.1, 0.15) is 5.56 Å². The van der Waals surface area contributed by atoms with Crippen molar-refractivity contribution < 1.29 is 4.42 Å². The van der Waals surface area contributed by atoms with Crippen LogP contribution >= 0.6 is 0 Å². The molecule has 0 aliphatic carbocycles. The molecule has 47 heavy (non-hydrogen) atoms. The monoisotopic (exact) mass is 603 g/mol. The number of anilines is 3. The summed E-state index contributed by atoms with van der Waals surface area (Å²) in [6.45, 7) is 2.13. The molecule has 8 rings (SSSR count). The zero-order valence-electron chi connectivity index (χ0n) is 26.2. The zero-order valence-corrected chi connectivity index (χ0v) is 26.2. The molecule has 0 unspecified atom stereocenters. The summed E-state index contributed by atoms with van der Waals surface area (Å²) in [7, 11) is 0. The number of aryl methyl sites for hydroxylation is 1. The molecule has 0 aliphatic heterocycles. The van der Waals surface area contributed by atoms with Crippen LogP contribution < -0.4 is 4.90 Å². The molecular formula is C45H33NO. The van der Waals surface area contributed by atoms with E-state index in [-0.39, 0.29) is 0 Å². The van der Waals surface area contributed by atoms with E-state index in [1.54, 1.807) is 0 Å². The van der Waals surface area contributed by atoms with Crippen LogP contribution in [0.25, 0.3) is 55.7 Å². The van der Waals surface area contributed by atoms with Crippen molar-refractivity contribution in [3.8, 4) is 44.7 Å². The largest absolute Gasteiger partial charge is 0.456 e. The van der Waals surface area contributed by atoms with Crippen molar-refractivity contribution in [3.05, 3.63) is 188 Å². The van der Waals surface area contributed by atoms with E-state index in [4.69, 9.17) is 4.42 Å². The Hall–Kier alpha value is -6.12. The van der Waals surface area contributed by atoms with Crippen molar-refractivity contribution in [2.75, 3.05) is 4.90 Å². The Kier molecular flexibility index (Phi) is 7.45. The van der Waals surface area contributed by atoms with E-state index in [1.807, 2.05) is 12.1 Å². The maximum absolute atomic E-state index is 6.28. The van der Waals surface area contributed by atoms with E-state index in [9.17, 15) is 0 Å². The van der Waals surface area contributed by atoms with Gasteiger partial charge in [0.15, 0.2) is 0 Å². The van der Waals surface area contributed by atoms with E-state index in [0.717, 1.165) is 50.5 Å². The lowest BCUT2D eigenvalue weighted by Crippen LogP contribution is -2.09. The predicted molar refractivity (Wildman–Crippen MR) is 197 cm³/mol. The third kappa shape index (κ3) is 5.62. The molecule has 0 N–H and O–H groups in total. The number of rotatable bonds is 7. The summed E-state index contributed by atoms with van der Waals surface area (Å²) < 4.78 is 6.28. The topological polar surface area (TPSA) is 16.4 Å². The fourth-order valence-electron chi connectivity index (χ4n) is 6.41. The Balaban J connectivity index is 1.09. The summed E-state index contributed by atoms with van der Waals surface area (Å²) in [5.41, 5.74) is 13.7. The van der Waals surface area contributed by atoms with Crippen molar-refractivity contribution >= 4 is 28.0 Å². The number of para-hydroxylation sites is 2. The van der Waals surface area contributed by atoms with Crippen molar-refractivity contribution in [3.63, 3.8) is 0 Å². The van der Waals surface area contributed by atoms with Crippen LogP contribution in [0, 0.1) is 6.92 Å². The van der Waals surface area contributed by atoms with Crippen LogP contribution in [0.5, 0.6) is 0 Å². The average Bonchev–Trinajstić information content (AvgIpc) is 3.49. The van der Waals surface area contributed by atoms with Gasteiger partial charge in [0.25, 0.3) is 0 Å². The lowest BCUT2D eigenvalue weighted by molar-refractivity contribution is 0.629. The minimum atomic E-state index is 0.921.